The highest BCUT2D eigenvalue weighted by Gasteiger charge is 2.09. The van der Waals surface area contributed by atoms with Crippen LogP contribution in [-0.4, -0.2) is 17.1 Å². The minimum Gasteiger partial charge on any atom is -0.481 e. The Hall–Kier alpha value is -2.02. The molecule has 132 valence electrons. The van der Waals surface area contributed by atoms with Crippen molar-refractivity contribution in [3.05, 3.63) is 51.6 Å². The van der Waals surface area contributed by atoms with Gasteiger partial charge in [-0.2, -0.15) is 0 Å². The number of methoxy groups -OCH3 is 1. The van der Waals surface area contributed by atoms with Crippen LogP contribution in [0.4, 0.5) is 11.4 Å². The van der Waals surface area contributed by atoms with E-state index in [1.165, 1.54) is 11.3 Å². The smallest absolute Gasteiger partial charge is 0.212 e. The zero-order chi connectivity index (χ0) is 17.1. The number of nitrogen functional groups attached to an aromatic ring is 1. The molecule has 0 radical (unpaired) electrons. The van der Waals surface area contributed by atoms with E-state index in [1.807, 2.05) is 37.3 Å². The van der Waals surface area contributed by atoms with E-state index in [-0.39, 0.29) is 12.4 Å². The Morgan fingerprint density at radius 2 is 2.00 bits per heavy atom. The molecule has 0 aliphatic heterocycles. The summed E-state index contributed by atoms with van der Waals surface area (Å²) in [6, 6.07) is 9.62. The van der Waals surface area contributed by atoms with E-state index in [0.717, 1.165) is 27.5 Å². The van der Waals surface area contributed by atoms with Gasteiger partial charge < -0.3 is 15.8 Å². The average molecular weight is 397 g/mol. The number of hydrogen-bond acceptors (Lipinski definition) is 6. The van der Waals surface area contributed by atoms with Gasteiger partial charge in [-0.15, -0.1) is 23.7 Å². The van der Waals surface area contributed by atoms with Crippen molar-refractivity contribution in [2.24, 2.45) is 0 Å². The lowest BCUT2D eigenvalue weighted by Gasteiger charge is -2.11. The molecule has 0 aliphatic rings. The Labute approximate surface area is 161 Å². The van der Waals surface area contributed by atoms with E-state index >= 15 is 0 Å². The lowest BCUT2D eigenvalue weighted by molar-refractivity contribution is 0.398. The second-order valence-electron chi connectivity index (χ2n) is 5.20. The number of benzene rings is 1. The van der Waals surface area contributed by atoms with Gasteiger partial charge in [-0.3, -0.25) is 0 Å². The Morgan fingerprint density at radius 3 is 2.60 bits per heavy atom. The maximum atomic E-state index is 6.17. The summed E-state index contributed by atoms with van der Waals surface area (Å²) in [5.74, 6) is 0.584. The van der Waals surface area contributed by atoms with Crippen molar-refractivity contribution in [1.29, 1.82) is 0 Å². The second-order valence-corrected chi connectivity index (χ2v) is 7.00. The topological polar surface area (TPSA) is 73.1 Å². The van der Waals surface area contributed by atoms with Crippen LogP contribution >= 0.6 is 35.3 Å². The van der Waals surface area contributed by atoms with Crippen LogP contribution in [-0.2, 0) is 6.54 Å². The van der Waals surface area contributed by atoms with Gasteiger partial charge in [0.25, 0.3) is 0 Å². The third kappa shape index (κ3) is 4.54. The minimum absolute atomic E-state index is 0. The van der Waals surface area contributed by atoms with Crippen molar-refractivity contribution in [2.45, 2.75) is 13.5 Å². The molecule has 0 amide bonds. The lowest BCUT2D eigenvalue weighted by atomic mass is 10.1. The van der Waals surface area contributed by atoms with Crippen LogP contribution in [0.2, 0.25) is 4.34 Å². The van der Waals surface area contributed by atoms with Gasteiger partial charge in [0.15, 0.2) is 0 Å². The third-order valence-electron chi connectivity index (χ3n) is 3.53. The molecule has 2 aromatic heterocycles. The number of nitrogens with one attached hydrogen (secondary N) is 1. The number of rotatable bonds is 5. The van der Waals surface area contributed by atoms with Crippen LogP contribution in [0.15, 0.2) is 36.5 Å². The summed E-state index contributed by atoms with van der Waals surface area (Å²) in [7, 11) is 1.60. The molecule has 0 fully saturated rings. The van der Waals surface area contributed by atoms with Gasteiger partial charge in [0.05, 0.1) is 35.7 Å². The Morgan fingerprint density at radius 1 is 1.24 bits per heavy atom. The van der Waals surface area contributed by atoms with Crippen molar-refractivity contribution in [3.8, 4) is 17.0 Å². The second kappa shape index (κ2) is 8.38. The van der Waals surface area contributed by atoms with E-state index in [9.17, 15) is 0 Å². The third-order valence-corrected chi connectivity index (χ3v) is 4.79. The number of aromatic nitrogens is 2. The highest BCUT2D eigenvalue weighted by atomic mass is 35.5. The first-order chi connectivity index (χ1) is 11.6. The number of aryl methyl sites for hydroxylation is 1. The van der Waals surface area contributed by atoms with Crippen molar-refractivity contribution in [3.63, 3.8) is 0 Å². The van der Waals surface area contributed by atoms with Crippen molar-refractivity contribution in [1.82, 2.24) is 9.97 Å². The first kappa shape index (κ1) is 19.3. The number of hydrogen-bond donors (Lipinski definition) is 2. The molecule has 25 heavy (non-hydrogen) atoms. The largest absolute Gasteiger partial charge is 0.481 e. The van der Waals surface area contributed by atoms with Crippen LogP contribution in [0, 0.1) is 6.92 Å². The van der Waals surface area contributed by atoms with Gasteiger partial charge >= 0.3 is 0 Å². The fraction of sp³-hybridized carbons (Fsp3) is 0.176. The zero-order valence-corrected chi connectivity index (χ0v) is 16.1. The van der Waals surface area contributed by atoms with Gasteiger partial charge in [-0.25, -0.2) is 9.97 Å². The molecular weight excluding hydrogens is 379 g/mol. The molecule has 0 unspecified atom stereocenters. The quantitative estimate of drug-likeness (QED) is 0.606. The summed E-state index contributed by atoms with van der Waals surface area (Å²) < 4.78 is 5.79. The number of nitrogens with two attached hydrogens (primary N) is 1. The zero-order valence-electron chi connectivity index (χ0n) is 13.7. The van der Waals surface area contributed by atoms with Gasteiger partial charge in [-0.1, -0.05) is 17.7 Å². The van der Waals surface area contributed by atoms with Crippen LogP contribution in [0.3, 0.4) is 0 Å². The first-order valence-electron chi connectivity index (χ1n) is 7.32. The summed E-state index contributed by atoms with van der Waals surface area (Å²) in [6.45, 7) is 2.46. The molecule has 0 aliphatic carbocycles. The van der Waals surface area contributed by atoms with E-state index in [2.05, 4.69) is 15.3 Å². The van der Waals surface area contributed by atoms with Gasteiger partial charge in [0.1, 0.15) is 4.34 Å². The van der Waals surface area contributed by atoms with E-state index in [4.69, 9.17) is 22.1 Å². The number of anilines is 2. The lowest BCUT2D eigenvalue weighted by Crippen LogP contribution is -2.03. The Kier molecular flexibility index (Phi) is 6.47. The minimum atomic E-state index is 0. The predicted octanol–water partition coefficient (Wildman–Crippen LogP) is 4.79. The number of pyridine rings is 1. The summed E-state index contributed by atoms with van der Waals surface area (Å²) in [5.41, 5.74) is 10.4. The summed E-state index contributed by atoms with van der Waals surface area (Å²) in [6.07, 6.45) is 1.77. The maximum absolute atomic E-state index is 6.17. The fourth-order valence-corrected chi connectivity index (χ4v) is 3.39. The van der Waals surface area contributed by atoms with Gasteiger partial charge in [0, 0.05) is 17.8 Å². The first-order valence-corrected chi connectivity index (χ1v) is 8.52. The maximum Gasteiger partial charge on any atom is 0.212 e. The molecule has 2 heterocycles. The van der Waals surface area contributed by atoms with Crippen LogP contribution in [0.1, 0.15) is 10.7 Å². The van der Waals surface area contributed by atoms with E-state index in [1.54, 1.807) is 13.3 Å². The molecule has 1 aromatic carbocycles. The molecule has 3 N–H and O–H groups in total. The fourth-order valence-electron chi connectivity index (χ4n) is 2.29. The molecule has 0 atom stereocenters. The summed E-state index contributed by atoms with van der Waals surface area (Å²) in [5, 5.41) is 4.25. The molecule has 3 aromatic rings. The average Bonchev–Trinajstić information content (AvgIpc) is 2.92. The molecule has 5 nitrogen and oxygen atoms in total. The van der Waals surface area contributed by atoms with E-state index < -0.39 is 0 Å². The molecule has 0 bridgehead atoms. The number of halogens is 2. The summed E-state index contributed by atoms with van der Waals surface area (Å²) in [4.78, 5) is 8.65. The van der Waals surface area contributed by atoms with Crippen LogP contribution < -0.4 is 15.8 Å². The van der Waals surface area contributed by atoms with Crippen molar-refractivity contribution >= 4 is 46.7 Å². The number of thiazole rings is 1. The SMILES string of the molecule is COc1ccc(-c2ccc(N)c(NCc3nc(C)sc3Cl)c2)cn1.Cl. The molecule has 0 spiro atoms. The van der Waals surface area contributed by atoms with Crippen molar-refractivity contribution in [2.75, 3.05) is 18.2 Å². The summed E-state index contributed by atoms with van der Waals surface area (Å²) >= 11 is 7.65. The van der Waals surface area contributed by atoms with E-state index in [0.29, 0.717) is 22.4 Å². The van der Waals surface area contributed by atoms with Crippen molar-refractivity contribution < 1.29 is 4.74 Å². The molecule has 8 heteroatoms. The Bertz CT molecular complexity index is 852. The van der Waals surface area contributed by atoms with Crippen LogP contribution in [0.5, 0.6) is 5.88 Å². The van der Waals surface area contributed by atoms with Gasteiger partial charge in [0.2, 0.25) is 5.88 Å². The standard InChI is InChI=1S/C17H17ClN4OS.ClH/c1-10-22-15(17(18)24-10)9-20-14-7-11(3-5-13(14)19)12-4-6-16(23-2)21-8-12;/h3-8,20H,9,19H2,1-2H3;1H. The number of ether oxygens (including phenoxy) is 1. The molecule has 0 saturated heterocycles. The van der Waals surface area contributed by atoms with Gasteiger partial charge in [-0.05, 0) is 30.7 Å². The highest BCUT2D eigenvalue weighted by Crippen LogP contribution is 2.29. The predicted molar refractivity (Wildman–Crippen MR) is 107 cm³/mol. The normalized spacial score (nSPS) is 10.2. The highest BCUT2D eigenvalue weighted by molar-refractivity contribution is 7.15. The number of nitrogens with zero attached hydrogens (tertiary/aromatic N) is 2. The monoisotopic (exact) mass is 396 g/mol. The molecular formula is C17H18Cl2N4OS. The Balaban J connectivity index is 0.00000225. The molecule has 3 rings (SSSR count). The van der Waals surface area contributed by atoms with Crippen LogP contribution in [0.25, 0.3) is 11.1 Å². The molecule has 0 saturated carbocycles.